The fraction of sp³-hybridized carbons (Fsp3) is 0.500. The molecule has 5 nitrogen and oxygen atoms in total. The molecule has 1 aromatic heterocycles. The van der Waals surface area contributed by atoms with Gasteiger partial charge in [0.25, 0.3) is 5.91 Å². The molecule has 0 saturated carbocycles. The molecule has 0 bridgehead atoms. The third-order valence-corrected chi connectivity index (χ3v) is 2.03. The molecule has 3 N–H and O–H groups in total. The highest BCUT2D eigenvalue weighted by Crippen LogP contribution is 1.95. The maximum Gasteiger partial charge on any atom is 0.253 e. The van der Waals surface area contributed by atoms with E-state index in [9.17, 15) is 4.79 Å². The van der Waals surface area contributed by atoms with Crippen molar-refractivity contribution in [1.82, 2.24) is 15.5 Å². The Morgan fingerprint density at radius 2 is 2.40 bits per heavy atom. The first kappa shape index (κ1) is 11.6. The largest absolute Gasteiger partial charge is 0.350 e. The Bertz CT molecular complexity index is 302. The molecule has 0 aliphatic carbocycles. The third kappa shape index (κ3) is 4.03. The molecule has 1 unspecified atom stereocenters. The van der Waals surface area contributed by atoms with Gasteiger partial charge in [0, 0.05) is 12.6 Å². The van der Waals surface area contributed by atoms with Gasteiger partial charge in [0.05, 0.1) is 18.0 Å². The van der Waals surface area contributed by atoms with Crippen molar-refractivity contribution >= 4 is 5.91 Å². The van der Waals surface area contributed by atoms with E-state index >= 15 is 0 Å². The van der Waals surface area contributed by atoms with Gasteiger partial charge in [-0.3, -0.25) is 4.79 Å². The highest BCUT2D eigenvalue weighted by molar-refractivity contribution is 5.93. The van der Waals surface area contributed by atoms with Gasteiger partial charge in [-0.05, 0) is 12.5 Å². The summed E-state index contributed by atoms with van der Waals surface area (Å²) >= 11 is 0. The molecule has 1 atom stereocenters. The van der Waals surface area contributed by atoms with E-state index in [1.807, 2.05) is 0 Å². The maximum atomic E-state index is 11.5. The summed E-state index contributed by atoms with van der Waals surface area (Å²) in [5, 5.41) is 9.98. The summed E-state index contributed by atoms with van der Waals surface area (Å²) in [4.78, 5) is 11.5. The lowest BCUT2D eigenvalue weighted by molar-refractivity contribution is 0.0950. The molecule has 1 amide bonds. The molecule has 82 valence electrons. The van der Waals surface area contributed by atoms with E-state index in [1.165, 1.54) is 12.4 Å². The number of aromatic nitrogens is 2. The predicted octanol–water partition coefficient (Wildman–Crippen LogP) is 0.334. The lowest BCUT2D eigenvalue weighted by Gasteiger charge is -2.11. The summed E-state index contributed by atoms with van der Waals surface area (Å²) in [6.45, 7) is 2.56. The van der Waals surface area contributed by atoms with Gasteiger partial charge in [-0.25, -0.2) is 0 Å². The number of carbonyl (C=O) groups is 1. The first-order valence-electron chi connectivity index (χ1n) is 5.04. The van der Waals surface area contributed by atoms with Gasteiger partial charge in [-0.15, -0.1) is 0 Å². The van der Waals surface area contributed by atoms with Crippen LogP contribution in [0.25, 0.3) is 0 Å². The van der Waals surface area contributed by atoms with Crippen LogP contribution in [0.5, 0.6) is 0 Å². The zero-order valence-corrected chi connectivity index (χ0v) is 8.81. The van der Waals surface area contributed by atoms with Crippen LogP contribution in [0.1, 0.15) is 30.1 Å². The van der Waals surface area contributed by atoms with E-state index < -0.39 is 0 Å². The van der Waals surface area contributed by atoms with E-state index in [2.05, 4.69) is 22.4 Å². The highest BCUT2D eigenvalue weighted by Gasteiger charge is 2.07. The second-order valence-electron chi connectivity index (χ2n) is 3.39. The Kier molecular flexibility index (Phi) is 4.70. The monoisotopic (exact) mass is 208 g/mol. The van der Waals surface area contributed by atoms with Gasteiger partial charge in [-0.2, -0.15) is 10.2 Å². The Labute approximate surface area is 89.1 Å². The van der Waals surface area contributed by atoms with Gasteiger partial charge in [0.1, 0.15) is 0 Å². The summed E-state index contributed by atoms with van der Waals surface area (Å²) in [5.74, 6) is -0.156. The van der Waals surface area contributed by atoms with Crippen LogP contribution in [-0.4, -0.2) is 28.7 Å². The summed E-state index contributed by atoms with van der Waals surface area (Å²) in [7, 11) is 0. The van der Waals surface area contributed by atoms with E-state index in [1.54, 1.807) is 6.07 Å². The van der Waals surface area contributed by atoms with Gasteiger partial charge >= 0.3 is 0 Å². The first-order valence-corrected chi connectivity index (χ1v) is 5.04. The number of amides is 1. The molecule has 0 fully saturated rings. The Morgan fingerprint density at radius 1 is 1.60 bits per heavy atom. The van der Waals surface area contributed by atoms with Crippen molar-refractivity contribution in [3.05, 3.63) is 24.0 Å². The van der Waals surface area contributed by atoms with Gasteiger partial charge < -0.3 is 11.1 Å². The number of nitrogens with two attached hydrogens (primary N) is 1. The first-order chi connectivity index (χ1) is 7.24. The number of hydrogen-bond donors (Lipinski definition) is 2. The van der Waals surface area contributed by atoms with Gasteiger partial charge in [-0.1, -0.05) is 13.3 Å². The minimum Gasteiger partial charge on any atom is -0.350 e. The molecule has 0 aliphatic heterocycles. The Morgan fingerprint density at radius 3 is 3.00 bits per heavy atom. The Balaban J connectivity index is 2.37. The van der Waals surface area contributed by atoms with Crippen molar-refractivity contribution in [2.75, 3.05) is 6.54 Å². The summed E-state index contributed by atoms with van der Waals surface area (Å²) in [6.07, 6.45) is 4.85. The second kappa shape index (κ2) is 6.08. The molecule has 0 aliphatic rings. The molecule has 15 heavy (non-hydrogen) atoms. The smallest absolute Gasteiger partial charge is 0.253 e. The molecule has 1 rings (SSSR count). The average molecular weight is 208 g/mol. The standard InChI is InChI=1S/C10H16N4O/c1-2-3-9(11)7-12-10(15)8-4-5-13-14-6-8/h4-6,9H,2-3,7,11H2,1H3,(H,12,15). The van der Waals surface area contributed by atoms with Crippen molar-refractivity contribution in [3.63, 3.8) is 0 Å². The number of nitrogens with zero attached hydrogens (tertiary/aromatic N) is 2. The second-order valence-corrected chi connectivity index (χ2v) is 3.39. The van der Waals surface area contributed by atoms with Crippen molar-refractivity contribution in [2.24, 2.45) is 5.73 Å². The minimum absolute atomic E-state index is 0.0220. The Hall–Kier alpha value is -1.49. The van der Waals surface area contributed by atoms with Gasteiger partial charge in [0.15, 0.2) is 0 Å². The van der Waals surface area contributed by atoms with E-state index in [4.69, 9.17) is 5.73 Å². The van der Waals surface area contributed by atoms with Crippen LogP contribution in [-0.2, 0) is 0 Å². The van der Waals surface area contributed by atoms with Crippen LogP contribution in [0.4, 0.5) is 0 Å². The van der Waals surface area contributed by atoms with Crippen LogP contribution in [0.3, 0.4) is 0 Å². The third-order valence-electron chi connectivity index (χ3n) is 2.03. The molecular formula is C10H16N4O. The van der Waals surface area contributed by atoms with Crippen LogP contribution < -0.4 is 11.1 Å². The number of nitrogens with one attached hydrogen (secondary N) is 1. The summed E-state index contributed by atoms with van der Waals surface area (Å²) in [6, 6.07) is 1.64. The molecule has 1 heterocycles. The topological polar surface area (TPSA) is 80.9 Å². The minimum atomic E-state index is -0.156. The molecular weight excluding hydrogens is 192 g/mol. The van der Waals surface area contributed by atoms with E-state index in [0.29, 0.717) is 12.1 Å². The number of hydrogen-bond acceptors (Lipinski definition) is 4. The lowest BCUT2D eigenvalue weighted by atomic mass is 10.2. The van der Waals surface area contributed by atoms with Crippen molar-refractivity contribution in [2.45, 2.75) is 25.8 Å². The zero-order valence-electron chi connectivity index (χ0n) is 8.81. The van der Waals surface area contributed by atoms with Crippen molar-refractivity contribution in [1.29, 1.82) is 0 Å². The fourth-order valence-electron chi connectivity index (χ4n) is 1.22. The normalized spacial score (nSPS) is 12.1. The van der Waals surface area contributed by atoms with Crippen LogP contribution in [0, 0.1) is 0 Å². The fourth-order valence-corrected chi connectivity index (χ4v) is 1.22. The van der Waals surface area contributed by atoms with Crippen LogP contribution in [0.15, 0.2) is 18.5 Å². The lowest BCUT2D eigenvalue weighted by Crippen LogP contribution is -2.37. The van der Waals surface area contributed by atoms with Gasteiger partial charge in [0.2, 0.25) is 0 Å². The molecule has 5 heteroatoms. The van der Waals surface area contributed by atoms with Crippen LogP contribution in [0.2, 0.25) is 0 Å². The van der Waals surface area contributed by atoms with E-state index in [-0.39, 0.29) is 11.9 Å². The predicted molar refractivity (Wildman–Crippen MR) is 57.2 cm³/mol. The zero-order chi connectivity index (χ0) is 11.1. The molecule has 0 spiro atoms. The van der Waals surface area contributed by atoms with Crippen molar-refractivity contribution < 1.29 is 4.79 Å². The molecule has 1 aromatic rings. The molecule has 0 saturated heterocycles. The summed E-state index contributed by atoms with van der Waals surface area (Å²) in [5.41, 5.74) is 6.28. The van der Waals surface area contributed by atoms with Crippen LogP contribution >= 0.6 is 0 Å². The van der Waals surface area contributed by atoms with Crippen molar-refractivity contribution in [3.8, 4) is 0 Å². The summed E-state index contributed by atoms with van der Waals surface area (Å²) < 4.78 is 0. The SMILES string of the molecule is CCCC(N)CNC(=O)c1ccnnc1. The average Bonchev–Trinajstić information content (AvgIpc) is 2.27. The number of carbonyl (C=O) groups excluding carboxylic acids is 1. The quantitative estimate of drug-likeness (QED) is 0.730. The molecule has 0 radical (unpaired) electrons. The number of rotatable bonds is 5. The highest BCUT2D eigenvalue weighted by atomic mass is 16.1. The van der Waals surface area contributed by atoms with E-state index in [0.717, 1.165) is 12.8 Å². The molecule has 0 aromatic carbocycles. The maximum absolute atomic E-state index is 11.5.